The van der Waals surface area contributed by atoms with Crippen molar-refractivity contribution in [2.24, 2.45) is 0 Å². The van der Waals surface area contributed by atoms with Crippen LogP contribution in [0, 0.1) is 10.1 Å². The first-order chi connectivity index (χ1) is 15.4. The summed E-state index contributed by atoms with van der Waals surface area (Å²) in [7, 11) is -3.12. The highest BCUT2D eigenvalue weighted by atomic mass is 32.2. The molecular weight excluding hydrogens is 443 g/mol. The van der Waals surface area contributed by atoms with Crippen molar-refractivity contribution in [3.8, 4) is 0 Å². The van der Waals surface area contributed by atoms with Crippen LogP contribution in [0.1, 0.15) is 22.8 Å². The van der Waals surface area contributed by atoms with E-state index in [2.05, 4.69) is 5.09 Å². The summed E-state index contributed by atoms with van der Waals surface area (Å²) in [6.45, 7) is 0.0386. The first-order valence-corrected chi connectivity index (χ1v) is 12.6. The smallest absolute Gasteiger partial charge is 0.269 e. The maximum Gasteiger partial charge on any atom is 0.269 e. The van der Waals surface area contributed by atoms with Gasteiger partial charge in [0.1, 0.15) is 0 Å². The lowest BCUT2D eigenvalue weighted by molar-refractivity contribution is -0.384. The summed E-state index contributed by atoms with van der Waals surface area (Å²) < 4.78 is 13.8. The van der Waals surface area contributed by atoms with Gasteiger partial charge in [-0.25, -0.2) is 0 Å². The number of benzene rings is 3. The number of nitro groups is 1. The molecule has 0 aromatic heterocycles. The maximum absolute atomic E-state index is 13.8. The molecule has 3 aromatic rings. The second-order valence-electron chi connectivity index (χ2n) is 7.26. The Hall–Kier alpha value is -2.96. The highest BCUT2D eigenvalue weighted by molar-refractivity contribution is 8.17. The molecule has 0 amide bonds. The van der Waals surface area contributed by atoms with Crippen LogP contribution in [-0.4, -0.2) is 16.6 Å². The van der Waals surface area contributed by atoms with Crippen LogP contribution in [0.25, 0.3) is 9.81 Å². The van der Waals surface area contributed by atoms with Crippen molar-refractivity contribution < 1.29 is 14.6 Å². The molecule has 0 aliphatic carbocycles. The van der Waals surface area contributed by atoms with Gasteiger partial charge in [-0.05, 0) is 28.8 Å². The number of nitrogens with zero attached hydrogens (tertiary/aromatic N) is 1. The third-order valence-corrected chi connectivity index (χ3v) is 8.43. The van der Waals surface area contributed by atoms with Gasteiger partial charge in [0.2, 0.25) is 0 Å². The van der Waals surface area contributed by atoms with E-state index >= 15 is 0 Å². The minimum atomic E-state index is -3.12. The van der Waals surface area contributed by atoms with Crippen LogP contribution < -0.4 is 5.09 Å². The molecule has 6 nitrogen and oxygen atoms in total. The van der Waals surface area contributed by atoms with Gasteiger partial charge in [-0.2, -0.15) is 0 Å². The summed E-state index contributed by atoms with van der Waals surface area (Å²) in [6, 6.07) is 25.2. The molecule has 8 heteroatoms. The zero-order valence-corrected chi connectivity index (χ0v) is 18.7. The maximum atomic E-state index is 13.8. The number of thioether (sulfide) groups is 1. The number of nitrogens with one attached hydrogen (secondary N) is 1. The van der Waals surface area contributed by atoms with E-state index in [1.54, 1.807) is 23.4 Å². The lowest BCUT2D eigenvalue weighted by Gasteiger charge is -2.23. The molecule has 32 heavy (non-hydrogen) atoms. The standard InChI is InChI=1S/C24H21N2O4PS/c27-22(18-11-13-21(14-12-18)26(28)29)15-25-31(30)16-23(19-7-3-1-4-8-19)32-24(17-31)20-9-5-2-6-10-20/h1-14,16-17,22,27H,15H2,(H,25,30). The van der Waals surface area contributed by atoms with Crippen LogP contribution in [-0.2, 0) is 4.57 Å². The zero-order valence-electron chi connectivity index (χ0n) is 17.0. The molecule has 1 aliphatic heterocycles. The van der Waals surface area contributed by atoms with E-state index in [1.165, 1.54) is 24.3 Å². The number of rotatable bonds is 7. The van der Waals surface area contributed by atoms with Crippen LogP contribution in [0.15, 0.2) is 96.6 Å². The number of hydrogen-bond acceptors (Lipinski definition) is 5. The molecule has 1 unspecified atom stereocenters. The van der Waals surface area contributed by atoms with Crippen molar-refractivity contribution >= 4 is 34.6 Å². The Morgan fingerprint density at radius 3 is 1.84 bits per heavy atom. The normalized spacial score (nSPS) is 16.0. The van der Waals surface area contributed by atoms with Crippen molar-refractivity contribution in [3.05, 3.63) is 123 Å². The average molecular weight is 464 g/mol. The molecular formula is C24H21N2O4PS. The Morgan fingerprint density at radius 2 is 1.38 bits per heavy atom. The molecule has 0 saturated heterocycles. The number of hydrogen-bond donors (Lipinski definition) is 2. The Labute approximate surface area is 190 Å². The molecule has 0 spiro atoms. The summed E-state index contributed by atoms with van der Waals surface area (Å²) in [4.78, 5) is 12.1. The zero-order chi connectivity index (χ0) is 22.6. The van der Waals surface area contributed by atoms with Gasteiger partial charge in [0.25, 0.3) is 5.69 Å². The van der Waals surface area contributed by atoms with E-state index in [-0.39, 0.29) is 12.2 Å². The molecule has 1 aliphatic rings. The van der Waals surface area contributed by atoms with Gasteiger partial charge in [-0.1, -0.05) is 72.4 Å². The van der Waals surface area contributed by atoms with Gasteiger partial charge in [0.05, 0.1) is 11.0 Å². The second kappa shape index (κ2) is 9.67. The summed E-state index contributed by atoms with van der Waals surface area (Å²) in [5.41, 5.74) is 2.41. The molecule has 1 atom stereocenters. The first-order valence-electron chi connectivity index (χ1n) is 9.95. The monoisotopic (exact) mass is 464 g/mol. The third-order valence-electron chi connectivity index (χ3n) is 4.98. The fourth-order valence-corrected chi connectivity index (χ4v) is 7.10. The van der Waals surface area contributed by atoms with Gasteiger partial charge in [0.15, 0.2) is 7.29 Å². The molecule has 0 radical (unpaired) electrons. The lowest BCUT2D eigenvalue weighted by atomic mass is 10.1. The van der Waals surface area contributed by atoms with Gasteiger partial charge in [-0.3, -0.25) is 19.8 Å². The molecule has 1 heterocycles. The van der Waals surface area contributed by atoms with Crippen LogP contribution in [0.3, 0.4) is 0 Å². The third kappa shape index (κ3) is 5.26. The van der Waals surface area contributed by atoms with Crippen LogP contribution in [0.2, 0.25) is 0 Å². The highest BCUT2D eigenvalue weighted by Crippen LogP contribution is 2.58. The fourth-order valence-electron chi connectivity index (χ4n) is 3.29. The minimum absolute atomic E-state index is 0.0386. The lowest BCUT2D eigenvalue weighted by Crippen LogP contribution is -2.18. The SMILES string of the molecule is O=[N+]([O-])c1ccc(C(O)CNP2(=O)C=C(c3ccccc3)SC(c3ccccc3)=C2)cc1. The summed E-state index contributed by atoms with van der Waals surface area (Å²) in [6.07, 6.45) is -0.960. The molecule has 2 N–H and O–H groups in total. The molecule has 0 bridgehead atoms. The Bertz CT molecular complexity index is 1150. The number of aliphatic hydroxyl groups excluding tert-OH is 1. The van der Waals surface area contributed by atoms with E-state index in [1.807, 2.05) is 60.7 Å². The van der Waals surface area contributed by atoms with E-state index < -0.39 is 18.3 Å². The number of nitro benzene ring substituents is 1. The van der Waals surface area contributed by atoms with Crippen LogP contribution in [0.5, 0.6) is 0 Å². The molecule has 4 rings (SSSR count). The van der Waals surface area contributed by atoms with Gasteiger partial charge in [0, 0.05) is 40.1 Å². The van der Waals surface area contributed by atoms with Crippen molar-refractivity contribution in [1.82, 2.24) is 5.09 Å². The summed E-state index contributed by atoms with van der Waals surface area (Å²) in [5.74, 6) is 3.48. The van der Waals surface area contributed by atoms with Crippen molar-refractivity contribution in [3.63, 3.8) is 0 Å². The summed E-state index contributed by atoms with van der Waals surface area (Å²) >= 11 is 1.56. The minimum Gasteiger partial charge on any atom is -0.387 e. The van der Waals surface area contributed by atoms with E-state index in [9.17, 15) is 19.8 Å². The Kier molecular flexibility index (Phi) is 6.72. The van der Waals surface area contributed by atoms with Gasteiger partial charge in [-0.15, -0.1) is 0 Å². The predicted molar refractivity (Wildman–Crippen MR) is 130 cm³/mol. The average Bonchev–Trinajstić information content (AvgIpc) is 2.83. The van der Waals surface area contributed by atoms with Crippen molar-refractivity contribution in [2.45, 2.75) is 6.10 Å². The van der Waals surface area contributed by atoms with Crippen molar-refractivity contribution in [1.29, 1.82) is 0 Å². The molecule has 0 fully saturated rings. The number of aliphatic hydroxyl groups is 1. The topological polar surface area (TPSA) is 92.5 Å². The van der Waals surface area contributed by atoms with Gasteiger partial charge < -0.3 is 5.11 Å². The van der Waals surface area contributed by atoms with Crippen molar-refractivity contribution in [2.75, 3.05) is 6.54 Å². The van der Waals surface area contributed by atoms with E-state index in [0.717, 1.165) is 20.9 Å². The predicted octanol–water partition coefficient (Wildman–Crippen LogP) is 6.24. The quantitative estimate of drug-likeness (QED) is 0.244. The largest absolute Gasteiger partial charge is 0.387 e. The molecule has 162 valence electrons. The Morgan fingerprint density at radius 1 is 0.875 bits per heavy atom. The Balaban J connectivity index is 1.59. The van der Waals surface area contributed by atoms with Crippen LogP contribution in [0.4, 0.5) is 5.69 Å². The van der Waals surface area contributed by atoms with E-state index in [4.69, 9.17) is 0 Å². The fraction of sp³-hybridized carbons (Fsp3) is 0.0833. The van der Waals surface area contributed by atoms with Crippen LogP contribution >= 0.6 is 19.1 Å². The molecule has 3 aromatic carbocycles. The van der Waals surface area contributed by atoms with E-state index in [0.29, 0.717) is 5.56 Å². The highest BCUT2D eigenvalue weighted by Gasteiger charge is 2.26. The molecule has 0 saturated carbocycles. The van der Waals surface area contributed by atoms with Gasteiger partial charge >= 0.3 is 0 Å². The number of non-ortho nitro benzene ring substituents is 1. The summed E-state index contributed by atoms with van der Waals surface area (Å²) in [5, 5.41) is 24.4. The second-order valence-corrected chi connectivity index (χ2v) is 10.6. The first kappa shape index (κ1) is 22.2.